The van der Waals surface area contributed by atoms with Crippen molar-refractivity contribution in [1.29, 1.82) is 0 Å². The molecule has 0 radical (unpaired) electrons. The molecule has 0 unspecified atom stereocenters. The van der Waals surface area contributed by atoms with Gasteiger partial charge < -0.3 is 0 Å². The van der Waals surface area contributed by atoms with Gasteiger partial charge in [-0.2, -0.15) is 10.2 Å². The van der Waals surface area contributed by atoms with Crippen LogP contribution < -0.4 is 10.9 Å². The van der Waals surface area contributed by atoms with Crippen molar-refractivity contribution in [2.75, 3.05) is 0 Å². The molecule has 0 aromatic carbocycles. The van der Waals surface area contributed by atoms with Crippen LogP contribution in [0.25, 0.3) is 0 Å². The zero-order chi connectivity index (χ0) is 19.8. The second-order valence-electron chi connectivity index (χ2n) is 5.53. The number of thiophene rings is 2. The van der Waals surface area contributed by atoms with E-state index in [0.29, 0.717) is 26.5 Å². The summed E-state index contributed by atoms with van der Waals surface area (Å²) in [5.74, 6) is -0.504. The van der Waals surface area contributed by atoms with Gasteiger partial charge in [-0.15, -0.1) is 22.7 Å². The van der Waals surface area contributed by atoms with Crippen molar-refractivity contribution in [2.24, 2.45) is 10.2 Å². The smallest absolute Gasteiger partial charge is 0.240 e. The number of amides is 2. The maximum Gasteiger partial charge on any atom is 0.240 e. The van der Waals surface area contributed by atoms with Gasteiger partial charge in [-0.3, -0.25) is 9.59 Å². The lowest BCUT2D eigenvalue weighted by Crippen LogP contribution is -2.21. The first-order valence-corrected chi connectivity index (χ1v) is 10.4. The molecule has 0 bridgehead atoms. The lowest BCUT2D eigenvalue weighted by Gasteiger charge is -2.02. The van der Waals surface area contributed by atoms with Gasteiger partial charge in [-0.05, 0) is 44.5 Å². The van der Waals surface area contributed by atoms with Gasteiger partial charge in [0.25, 0.3) is 0 Å². The highest BCUT2D eigenvalue weighted by molar-refractivity contribution is 7.18. The maximum absolute atomic E-state index is 11.8. The van der Waals surface area contributed by atoms with Crippen molar-refractivity contribution < 1.29 is 9.59 Å². The Hall–Kier alpha value is -1.74. The lowest BCUT2D eigenvalue weighted by molar-refractivity contribution is -0.122. The van der Waals surface area contributed by atoms with E-state index in [9.17, 15) is 9.59 Å². The van der Waals surface area contributed by atoms with Gasteiger partial charge in [-0.25, -0.2) is 10.9 Å². The first-order chi connectivity index (χ1) is 12.8. The molecule has 0 atom stereocenters. The van der Waals surface area contributed by atoms with Crippen molar-refractivity contribution in [3.05, 3.63) is 42.7 Å². The number of carbonyl (C=O) groups is 2. The minimum atomic E-state index is -0.252. The highest BCUT2D eigenvalue weighted by atomic mass is 35.5. The Kier molecular flexibility index (Phi) is 8.43. The minimum Gasteiger partial charge on any atom is -0.273 e. The maximum atomic E-state index is 11.8. The van der Waals surface area contributed by atoms with Crippen molar-refractivity contribution in [1.82, 2.24) is 10.9 Å². The second kappa shape index (κ2) is 10.6. The molecular formula is C17H18Cl2N4O2S2. The van der Waals surface area contributed by atoms with Crippen LogP contribution >= 0.6 is 45.9 Å². The molecule has 0 aliphatic heterocycles. The van der Waals surface area contributed by atoms with Gasteiger partial charge >= 0.3 is 0 Å². The molecule has 10 heteroatoms. The van der Waals surface area contributed by atoms with Gasteiger partial charge in [-0.1, -0.05) is 23.2 Å². The van der Waals surface area contributed by atoms with Gasteiger partial charge in [0.1, 0.15) is 0 Å². The number of halogens is 2. The Morgan fingerprint density at radius 2 is 1.26 bits per heavy atom. The van der Waals surface area contributed by atoms with E-state index in [1.165, 1.54) is 22.7 Å². The Labute approximate surface area is 175 Å². The predicted molar refractivity (Wildman–Crippen MR) is 113 cm³/mol. The summed E-state index contributed by atoms with van der Waals surface area (Å²) in [6, 6.07) is 7.24. The zero-order valence-corrected chi connectivity index (χ0v) is 17.9. The standard InChI is InChI=1S/C17H18Cl2N4O2S2/c1-10(12-6-8-14(18)26-12)20-22-16(24)4-3-5-17(25)23-21-11(2)13-7-9-15(19)27-13/h6-9H,3-5H2,1-2H3,(H,22,24)(H,23,25). The summed E-state index contributed by atoms with van der Waals surface area (Å²) in [4.78, 5) is 25.4. The Morgan fingerprint density at radius 1 is 0.852 bits per heavy atom. The van der Waals surface area contributed by atoms with Crippen LogP contribution in [0.4, 0.5) is 0 Å². The van der Waals surface area contributed by atoms with Gasteiger partial charge in [0.15, 0.2) is 0 Å². The van der Waals surface area contributed by atoms with E-state index < -0.39 is 0 Å². The summed E-state index contributed by atoms with van der Waals surface area (Å²) in [7, 11) is 0. The Bertz CT molecular complexity index is 804. The molecule has 144 valence electrons. The van der Waals surface area contributed by atoms with Crippen molar-refractivity contribution in [2.45, 2.75) is 33.1 Å². The topological polar surface area (TPSA) is 82.9 Å². The molecule has 0 fully saturated rings. The zero-order valence-electron chi connectivity index (χ0n) is 14.7. The van der Waals surface area contributed by atoms with Crippen LogP contribution in [0, 0.1) is 0 Å². The summed E-state index contributed by atoms with van der Waals surface area (Å²) in [6.45, 7) is 3.58. The largest absolute Gasteiger partial charge is 0.273 e. The number of carbonyl (C=O) groups excluding carboxylic acids is 2. The van der Waals surface area contributed by atoms with E-state index in [4.69, 9.17) is 23.2 Å². The summed E-state index contributed by atoms with van der Waals surface area (Å²) in [5.41, 5.74) is 6.31. The molecule has 2 rings (SSSR count). The van der Waals surface area contributed by atoms with Crippen LogP contribution in [0.3, 0.4) is 0 Å². The van der Waals surface area contributed by atoms with Crippen LogP contribution in [0.1, 0.15) is 42.9 Å². The quantitative estimate of drug-likeness (QED) is 0.457. The van der Waals surface area contributed by atoms with E-state index in [-0.39, 0.29) is 24.7 Å². The molecule has 2 heterocycles. The van der Waals surface area contributed by atoms with E-state index in [1.807, 2.05) is 12.1 Å². The molecule has 0 saturated carbocycles. The SMILES string of the molecule is CC(=NNC(=O)CCCC(=O)NN=C(C)c1ccc(Cl)s1)c1ccc(Cl)s1. The van der Waals surface area contributed by atoms with E-state index in [0.717, 1.165) is 9.75 Å². The molecule has 2 aromatic heterocycles. The molecule has 0 aliphatic carbocycles. The van der Waals surface area contributed by atoms with Crippen LogP contribution in [-0.2, 0) is 9.59 Å². The fraction of sp³-hybridized carbons (Fsp3) is 0.294. The average Bonchev–Trinajstić information content (AvgIpc) is 3.26. The fourth-order valence-corrected chi connectivity index (χ4v) is 3.92. The molecular weight excluding hydrogens is 427 g/mol. The second-order valence-corrected chi connectivity index (χ2v) is 8.96. The normalized spacial score (nSPS) is 12.1. The summed E-state index contributed by atoms with van der Waals surface area (Å²) in [6.07, 6.45) is 0.785. The number of hydrogen-bond acceptors (Lipinski definition) is 6. The number of hydrazone groups is 2. The predicted octanol–water partition coefficient (Wildman–Crippen LogP) is 4.67. The number of hydrogen-bond donors (Lipinski definition) is 2. The molecule has 0 saturated heterocycles. The molecule has 2 N–H and O–H groups in total. The van der Waals surface area contributed by atoms with Crippen molar-refractivity contribution in [3.8, 4) is 0 Å². The molecule has 6 nitrogen and oxygen atoms in total. The van der Waals surface area contributed by atoms with Gasteiger partial charge in [0, 0.05) is 12.8 Å². The van der Waals surface area contributed by atoms with E-state index >= 15 is 0 Å². The third-order valence-electron chi connectivity index (χ3n) is 3.36. The molecule has 0 aliphatic rings. The van der Waals surface area contributed by atoms with E-state index in [1.54, 1.807) is 26.0 Å². The highest BCUT2D eigenvalue weighted by Crippen LogP contribution is 2.22. The van der Waals surface area contributed by atoms with Crippen molar-refractivity contribution in [3.63, 3.8) is 0 Å². The van der Waals surface area contributed by atoms with E-state index in [2.05, 4.69) is 21.1 Å². The third kappa shape index (κ3) is 7.42. The molecule has 2 amide bonds. The van der Waals surface area contributed by atoms with Gasteiger partial charge in [0.05, 0.1) is 29.9 Å². The highest BCUT2D eigenvalue weighted by Gasteiger charge is 2.07. The first-order valence-electron chi connectivity index (χ1n) is 8.03. The number of nitrogens with zero attached hydrogens (tertiary/aromatic N) is 2. The summed E-state index contributed by atoms with van der Waals surface area (Å²) < 4.78 is 1.33. The molecule has 2 aromatic rings. The summed E-state index contributed by atoms with van der Waals surface area (Å²) >= 11 is 14.5. The number of nitrogens with one attached hydrogen (secondary N) is 2. The Balaban J connectivity index is 1.69. The van der Waals surface area contributed by atoms with Crippen molar-refractivity contribution >= 4 is 69.1 Å². The number of rotatable bonds is 8. The monoisotopic (exact) mass is 444 g/mol. The Morgan fingerprint density at radius 3 is 1.59 bits per heavy atom. The fourth-order valence-electron chi connectivity index (χ4n) is 1.94. The average molecular weight is 445 g/mol. The summed E-state index contributed by atoms with van der Waals surface area (Å²) in [5, 5.41) is 8.07. The van der Waals surface area contributed by atoms with Crippen LogP contribution in [0.5, 0.6) is 0 Å². The first kappa shape index (κ1) is 21.6. The van der Waals surface area contributed by atoms with Gasteiger partial charge in [0.2, 0.25) is 11.8 Å². The lowest BCUT2D eigenvalue weighted by atomic mass is 10.2. The van der Waals surface area contributed by atoms with Crippen LogP contribution in [0.15, 0.2) is 34.5 Å². The molecule has 0 spiro atoms. The van der Waals surface area contributed by atoms with Crippen LogP contribution in [-0.4, -0.2) is 23.2 Å². The third-order valence-corrected chi connectivity index (χ3v) is 6.04. The minimum absolute atomic E-state index is 0.193. The molecule has 27 heavy (non-hydrogen) atoms. The van der Waals surface area contributed by atoms with Crippen LogP contribution in [0.2, 0.25) is 8.67 Å².